The van der Waals surface area contributed by atoms with Crippen molar-refractivity contribution in [1.82, 2.24) is 25.4 Å². The zero-order valence-electron chi connectivity index (χ0n) is 15.3. The second-order valence-electron chi connectivity index (χ2n) is 6.32. The van der Waals surface area contributed by atoms with Gasteiger partial charge in [0.25, 0.3) is 0 Å². The van der Waals surface area contributed by atoms with E-state index in [0.717, 1.165) is 36.5 Å². The van der Waals surface area contributed by atoms with Crippen LogP contribution in [0, 0.1) is 12.8 Å². The second-order valence-corrected chi connectivity index (χ2v) is 7.61. The molecule has 0 aromatic carbocycles. The molecule has 0 aliphatic carbocycles. The number of hydrogen-bond donors (Lipinski definition) is 2. The molecule has 2 aromatic rings. The van der Waals surface area contributed by atoms with Crippen LogP contribution in [0.1, 0.15) is 34.0 Å². The Hall–Kier alpha value is -1.15. The van der Waals surface area contributed by atoms with Crippen LogP contribution in [-0.2, 0) is 24.7 Å². The standard InChI is InChI=1S/C17H25N5OS.2ClH/c1-4-15-11(2)24-16(21-15)5-6-19-17(23)14-9-18-8-13(14)12-7-20-22(3)10-12;;/h7,10,13-14,18H,4-6,8-9H2,1-3H3,(H,19,23);2*1H/t13-,14+;;/m1../s1. The van der Waals surface area contributed by atoms with Crippen molar-refractivity contribution in [3.05, 3.63) is 33.5 Å². The van der Waals surface area contributed by atoms with E-state index in [4.69, 9.17) is 0 Å². The molecule has 2 atom stereocenters. The first-order chi connectivity index (χ1) is 11.6. The summed E-state index contributed by atoms with van der Waals surface area (Å²) in [5.41, 5.74) is 2.31. The minimum absolute atomic E-state index is 0. The fourth-order valence-electron chi connectivity index (χ4n) is 3.28. The van der Waals surface area contributed by atoms with Crippen molar-refractivity contribution in [3.63, 3.8) is 0 Å². The van der Waals surface area contributed by atoms with Crippen LogP contribution in [0.3, 0.4) is 0 Å². The number of thiazole rings is 1. The lowest BCUT2D eigenvalue weighted by atomic mass is 9.90. The van der Waals surface area contributed by atoms with Gasteiger partial charge in [-0.05, 0) is 18.9 Å². The van der Waals surface area contributed by atoms with Gasteiger partial charge in [-0.3, -0.25) is 9.48 Å². The van der Waals surface area contributed by atoms with Crippen molar-refractivity contribution < 1.29 is 4.79 Å². The summed E-state index contributed by atoms with van der Waals surface area (Å²) >= 11 is 1.74. The summed E-state index contributed by atoms with van der Waals surface area (Å²) in [6, 6.07) is 0. The lowest BCUT2D eigenvalue weighted by Gasteiger charge is -2.16. The van der Waals surface area contributed by atoms with E-state index < -0.39 is 0 Å². The highest BCUT2D eigenvalue weighted by Crippen LogP contribution is 2.27. The van der Waals surface area contributed by atoms with Gasteiger partial charge in [0.1, 0.15) is 0 Å². The van der Waals surface area contributed by atoms with E-state index in [9.17, 15) is 4.79 Å². The van der Waals surface area contributed by atoms with Crippen LogP contribution in [-0.4, -0.2) is 40.3 Å². The molecule has 0 saturated carbocycles. The molecule has 1 fully saturated rings. The molecule has 146 valence electrons. The molecular formula is C17H27Cl2N5OS. The Kier molecular flexibility index (Phi) is 9.03. The number of hydrogen-bond acceptors (Lipinski definition) is 5. The summed E-state index contributed by atoms with van der Waals surface area (Å²) in [5, 5.41) is 11.8. The van der Waals surface area contributed by atoms with Crippen LogP contribution >= 0.6 is 36.2 Å². The number of aromatic nitrogens is 3. The minimum atomic E-state index is -0.0292. The third-order valence-electron chi connectivity index (χ3n) is 4.61. The van der Waals surface area contributed by atoms with Gasteiger partial charge in [0.15, 0.2) is 0 Å². The Balaban J connectivity index is 0.00000169. The molecule has 0 bridgehead atoms. The maximum atomic E-state index is 12.6. The van der Waals surface area contributed by atoms with E-state index in [-0.39, 0.29) is 42.6 Å². The number of nitrogens with one attached hydrogen (secondary N) is 2. The lowest BCUT2D eigenvalue weighted by Crippen LogP contribution is -2.35. The molecule has 1 saturated heterocycles. The summed E-state index contributed by atoms with van der Waals surface area (Å²) in [4.78, 5) is 18.5. The predicted octanol–water partition coefficient (Wildman–Crippen LogP) is 2.25. The first kappa shape index (κ1) is 22.9. The fraction of sp³-hybridized carbons (Fsp3) is 0.588. The van der Waals surface area contributed by atoms with Gasteiger partial charge >= 0.3 is 0 Å². The molecule has 1 amide bonds. The van der Waals surface area contributed by atoms with Gasteiger partial charge in [0.2, 0.25) is 5.91 Å². The Morgan fingerprint density at radius 3 is 2.81 bits per heavy atom. The van der Waals surface area contributed by atoms with Gasteiger partial charge < -0.3 is 10.6 Å². The Bertz CT molecular complexity index is 718. The number of amides is 1. The minimum Gasteiger partial charge on any atom is -0.355 e. The Morgan fingerprint density at radius 2 is 2.19 bits per heavy atom. The summed E-state index contributed by atoms with van der Waals surface area (Å²) in [7, 11) is 1.90. The topological polar surface area (TPSA) is 71.8 Å². The highest BCUT2D eigenvalue weighted by atomic mass is 35.5. The van der Waals surface area contributed by atoms with Gasteiger partial charge in [-0.15, -0.1) is 36.2 Å². The van der Waals surface area contributed by atoms with E-state index in [0.29, 0.717) is 6.54 Å². The number of carbonyl (C=O) groups excluding carboxylic acids is 1. The molecule has 1 aliphatic rings. The predicted molar refractivity (Wildman–Crippen MR) is 110 cm³/mol. The molecule has 0 unspecified atom stereocenters. The molecule has 1 aliphatic heterocycles. The van der Waals surface area contributed by atoms with Gasteiger partial charge in [-0.25, -0.2) is 4.98 Å². The molecule has 9 heteroatoms. The first-order valence-corrected chi connectivity index (χ1v) is 9.32. The lowest BCUT2D eigenvalue weighted by molar-refractivity contribution is -0.124. The van der Waals surface area contributed by atoms with Crippen molar-refractivity contribution in [2.45, 2.75) is 32.6 Å². The van der Waals surface area contributed by atoms with Gasteiger partial charge in [-0.2, -0.15) is 5.10 Å². The maximum absolute atomic E-state index is 12.6. The Morgan fingerprint density at radius 1 is 1.42 bits per heavy atom. The molecule has 3 rings (SSSR count). The highest BCUT2D eigenvalue weighted by molar-refractivity contribution is 7.11. The number of rotatable bonds is 6. The van der Waals surface area contributed by atoms with E-state index in [1.54, 1.807) is 16.0 Å². The van der Waals surface area contributed by atoms with Crippen molar-refractivity contribution >= 4 is 42.1 Å². The molecule has 26 heavy (non-hydrogen) atoms. The summed E-state index contributed by atoms with van der Waals surface area (Å²) < 4.78 is 1.79. The second kappa shape index (κ2) is 10.3. The zero-order chi connectivity index (χ0) is 17.1. The van der Waals surface area contributed by atoms with E-state index in [1.807, 2.05) is 19.4 Å². The van der Waals surface area contributed by atoms with Crippen molar-refractivity contribution in [2.24, 2.45) is 13.0 Å². The van der Waals surface area contributed by atoms with E-state index in [2.05, 4.69) is 34.6 Å². The normalized spacial score (nSPS) is 18.9. The van der Waals surface area contributed by atoms with Crippen LogP contribution < -0.4 is 10.6 Å². The van der Waals surface area contributed by atoms with Crippen LogP contribution in [0.4, 0.5) is 0 Å². The van der Waals surface area contributed by atoms with E-state index in [1.165, 1.54) is 10.6 Å². The molecule has 2 N–H and O–H groups in total. The van der Waals surface area contributed by atoms with Crippen LogP contribution in [0.15, 0.2) is 12.4 Å². The summed E-state index contributed by atoms with van der Waals surface area (Å²) in [6.45, 7) is 6.43. The average molecular weight is 420 g/mol. The van der Waals surface area contributed by atoms with Crippen molar-refractivity contribution in [1.29, 1.82) is 0 Å². The quantitative estimate of drug-likeness (QED) is 0.752. The molecule has 0 radical (unpaired) electrons. The van der Waals surface area contributed by atoms with Gasteiger partial charge in [0.05, 0.1) is 22.8 Å². The first-order valence-electron chi connectivity index (χ1n) is 8.50. The average Bonchev–Trinajstić information content (AvgIpc) is 3.26. The fourth-order valence-corrected chi connectivity index (χ4v) is 4.30. The molecular weight excluding hydrogens is 393 g/mol. The van der Waals surface area contributed by atoms with Crippen LogP contribution in [0.5, 0.6) is 0 Å². The number of carbonyl (C=O) groups is 1. The monoisotopic (exact) mass is 419 g/mol. The Labute approximate surface area is 171 Å². The van der Waals surface area contributed by atoms with Crippen LogP contribution in [0.2, 0.25) is 0 Å². The largest absolute Gasteiger partial charge is 0.355 e. The summed E-state index contributed by atoms with van der Waals surface area (Å²) in [5.74, 6) is 0.295. The SMILES string of the molecule is CCc1nc(CCNC(=O)[C@H]2CNC[C@@H]2c2cnn(C)c2)sc1C.Cl.Cl. The summed E-state index contributed by atoms with van der Waals surface area (Å²) in [6.07, 6.45) is 5.63. The molecule has 2 aromatic heterocycles. The molecule has 3 heterocycles. The number of aryl methyl sites for hydroxylation is 3. The zero-order valence-corrected chi connectivity index (χ0v) is 17.8. The smallest absolute Gasteiger partial charge is 0.225 e. The molecule has 0 spiro atoms. The van der Waals surface area contributed by atoms with E-state index >= 15 is 0 Å². The van der Waals surface area contributed by atoms with Crippen molar-refractivity contribution in [2.75, 3.05) is 19.6 Å². The van der Waals surface area contributed by atoms with Crippen LogP contribution in [0.25, 0.3) is 0 Å². The number of halogens is 2. The third kappa shape index (κ3) is 5.19. The maximum Gasteiger partial charge on any atom is 0.225 e. The number of nitrogens with zero attached hydrogens (tertiary/aromatic N) is 3. The van der Waals surface area contributed by atoms with Gasteiger partial charge in [0, 0.05) is 50.1 Å². The third-order valence-corrected chi connectivity index (χ3v) is 5.69. The van der Waals surface area contributed by atoms with Gasteiger partial charge in [-0.1, -0.05) is 6.92 Å². The molecule has 6 nitrogen and oxygen atoms in total. The van der Waals surface area contributed by atoms with Crippen molar-refractivity contribution in [3.8, 4) is 0 Å². The highest BCUT2D eigenvalue weighted by Gasteiger charge is 2.34.